The Morgan fingerprint density at radius 3 is 2.30 bits per heavy atom. The summed E-state index contributed by atoms with van der Waals surface area (Å²) in [4.78, 5) is 27.0. The van der Waals surface area contributed by atoms with Crippen LogP contribution in [-0.2, 0) is 6.18 Å². The van der Waals surface area contributed by atoms with E-state index in [0.717, 1.165) is 12.1 Å². The maximum atomic E-state index is 12.9. The second-order valence-electron chi connectivity index (χ2n) is 6.42. The Bertz CT molecular complexity index is 1200. The number of H-pyrrole nitrogens is 1. The quantitative estimate of drug-likeness (QED) is 0.432. The molecule has 2 aromatic heterocycles. The number of amides is 2. The summed E-state index contributed by atoms with van der Waals surface area (Å²) in [7, 11) is 0. The highest BCUT2D eigenvalue weighted by molar-refractivity contribution is 6.00. The van der Waals surface area contributed by atoms with Gasteiger partial charge in [0.2, 0.25) is 0 Å². The van der Waals surface area contributed by atoms with E-state index >= 15 is 0 Å². The van der Waals surface area contributed by atoms with Gasteiger partial charge in [0, 0.05) is 23.3 Å². The van der Waals surface area contributed by atoms with Gasteiger partial charge >= 0.3 is 6.18 Å². The zero-order valence-corrected chi connectivity index (χ0v) is 15.2. The van der Waals surface area contributed by atoms with Crippen molar-refractivity contribution in [3.63, 3.8) is 0 Å². The number of furan rings is 1. The predicted molar refractivity (Wildman–Crippen MR) is 102 cm³/mol. The number of nitrogens with one attached hydrogen (secondary N) is 3. The lowest BCUT2D eigenvalue weighted by Crippen LogP contribution is -2.41. The van der Waals surface area contributed by atoms with Gasteiger partial charge in [-0.1, -0.05) is 30.3 Å². The SMILES string of the molecule is O=C(NNC(=O)c1cc2oc(-c3cccc(C(F)(F)F)c3)cc2[nH]1)c1ccccc1. The van der Waals surface area contributed by atoms with Crippen molar-refractivity contribution in [3.05, 3.63) is 83.6 Å². The first kappa shape index (κ1) is 19.3. The molecule has 0 aliphatic heterocycles. The summed E-state index contributed by atoms with van der Waals surface area (Å²) in [6.07, 6.45) is -4.46. The first-order valence-corrected chi connectivity index (χ1v) is 8.77. The van der Waals surface area contributed by atoms with Gasteiger partial charge in [-0.25, -0.2) is 0 Å². The predicted octanol–water partition coefficient (Wildman–Crippen LogP) is 4.52. The topological polar surface area (TPSA) is 87.1 Å². The van der Waals surface area contributed by atoms with Crippen molar-refractivity contribution in [1.82, 2.24) is 15.8 Å². The van der Waals surface area contributed by atoms with Crippen molar-refractivity contribution >= 4 is 22.9 Å². The van der Waals surface area contributed by atoms with Crippen molar-refractivity contribution < 1.29 is 27.2 Å². The van der Waals surface area contributed by atoms with Crippen LogP contribution < -0.4 is 10.9 Å². The van der Waals surface area contributed by atoms with Crippen LogP contribution in [-0.4, -0.2) is 16.8 Å². The number of fused-ring (bicyclic) bond motifs is 1. The molecule has 0 fully saturated rings. The molecule has 0 atom stereocenters. The van der Waals surface area contributed by atoms with E-state index in [9.17, 15) is 22.8 Å². The molecular formula is C21H14F3N3O3. The molecule has 0 unspecified atom stereocenters. The summed E-state index contributed by atoms with van der Waals surface area (Å²) in [5.41, 5.74) is 5.28. The second-order valence-corrected chi connectivity index (χ2v) is 6.42. The van der Waals surface area contributed by atoms with Crippen LogP contribution in [0.2, 0.25) is 0 Å². The largest absolute Gasteiger partial charge is 0.454 e. The van der Waals surface area contributed by atoms with Gasteiger partial charge in [0.05, 0.1) is 11.1 Å². The molecule has 2 heterocycles. The average Bonchev–Trinajstić information content (AvgIpc) is 3.31. The number of rotatable bonds is 3. The van der Waals surface area contributed by atoms with Crippen molar-refractivity contribution in [2.45, 2.75) is 6.18 Å². The Kier molecular flexibility index (Phi) is 4.78. The summed E-state index contributed by atoms with van der Waals surface area (Å²) < 4.78 is 44.3. The zero-order valence-electron chi connectivity index (χ0n) is 15.2. The van der Waals surface area contributed by atoms with Gasteiger partial charge in [0.25, 0.3) is 11.8 Å². The van der Waals surface area contributed by atoms with E-state index < -0.39 is 23.6 Å². The van der Waals surface area contributed by atoms with Crippen molar-refractivity contribution in [2.24, 2.45) is 0 Å². The highest BCUT2D eigenvalue weighted by Crippen LogP contribution is 2.34. The summed E-state index contributed by atoms with van der Waals surface area (Å²) in [5, 5.41) is 0. The maximum Gasteiger partial charge on any atom is 0.416 e. The Hall–Kier alpha value is -4.01. The average molecular weight is 413 g/mol. The fourth-order valence-electron chi connectivity index (χ4n) is 2.88. The summed E-state index contributed by atoms with van der Waals surface area (Å²) in [5.74, 6) is -0.857. The van der Waals surface area contributed by atoms with Gasteiger partial charge in [-0.05, 0) is 24.3 Å². The molecule has 6 nitrogen and oxygen atoms in total. The number of benzene rings is 2. The molecule has 0 radical (unpaired) electrons. The minimum absolute atomic E-state index is 0.118. The van der Waals surface area contributed by atoms with Gasteiger partial charge in [0.15, 0.2) is 5.58 Å². The number of hydrazine groups is 1. The highest BCUT2D eigenvalue weighted by Gasteiger charge is 2.30. The third-order valence-electron chi connectivity index (χ3n) is 4.35. The lowest BCUT2D eigenvalue weighted by Gasteiger charge is -2.07. The minimum atomic E-state index is -4.46. The Balaban J connectivity index is 1.48. The van der Waals surface area contributed by atoms with Crippen LogP contribution in [0.25, 0.3) is 22.4 Å². The number of carbonyl (C=O) groups excluding carboxylic acids is 2. The van der Waals surface area contributed by atoms with Gasteiger partial charge in [0.1, 0.15) is 11.5 Å². The first-order chi connectivity index (χ1) is 14.3. The number of hydrogen-bond acceptors (Lipinski definition) is 3. The molecule has 2 aromatic carbocycles. The normalized spacial score (nSPS) is 11.4. The number of aromatic nitrogens is 1. The van der Waals surface area contributed by atoms with E-state index in [-0.39, 0.29) is 17.0 Å². The lowest BCUT2D eigenvalue weighted by atomic mass is 10.1. The summed E-state index contributed by atoms with van der Waals surface area (Å²) in [6, 6.07) is 16.0. The van der Waals surface area contributed by atoms with E-state index in [1.807, 2.05) is 0 Å². The van der Waals surface area contributed by atoms with Crippen LogP contribution in [0.3, 0.4) is 0 Å². The zero-order chi connectivity index (χ0) is 21.3. The number of halogens is 3. The van der Waals surface area contributed by atoms with Crippen LogP contribution in [0.4, 0.5) is 13.2 Å². The third-order valence-corrected chi connectivity index (χ3v) is 4.35. The van der Waals surface area contributed by atoms with Crippen molar-refractivity contribution in [1.29, 1.82) is 0 Å². The third kappa shape index (κ3) is 3.90. The Labute approximate surface area is 167 Å². The fourth-order valence-corrected chi connectivity index (χ4v) is 2.88. The van der Waals surface area contributed by atoms with E-state index in [4.69, 9.17) is 4.42 Å². The van der Waals surface area contributed by atoms with E-state index in [1.54, 1.807) is 30.3 Å². The Morgan fingerprint density at radius 1 is 0.867 bits per heavy atom. The molecule has 30 heavy (non-hydrogen) atoms. The van der Waals surface area contributed by atoms with E-state index in [0.29, 0.717) is 16.7 Å². The number of carbonyl (C=O) groups is 2. The minimum Gasteiger partial charge on any atom is -0.454 e. The van der Waals surface area contributed by atoms with Crippen LogP contribution in [0.5, 0.6) is 0 Å². The molecule has 0 aliphatic rings. The van der Waals surface area contributed by atoms with Gasteiger partial charge in [-0.2, -0.15) is 13.2 Å². The molecule has 4 aromatic rings. The number of hydrogen-bond donors (Lipinski definition) is 3. The molecule has 4 rings (SSSR count). The molecule has 0 bridgehead atoms. The molecule has 0 spiro atoms. The van der Waals surface area contributed by atoms with Gasteiger partial charge < -0.3 is 9.40 Å². The summed E-state index contributed by atoms with van der Waals surface area (Å²) >= 11 is 0. The molecule has 3 N–H and O–H groups in total. The monoisotopic (exact) mass is 413 g/mol. The van der Waals surface area contributed by atoms with E-state index in [2.05, 4.69) is 15.8 Å². The van der Waals surface area contributed by atoms with E-state index in [1.165, 1.54) is 24.3 Å². The van der Waals surface area contributed by atoms with Crippen molar-refractivity contribution in [2.75, 3.05) is 0 Å². The van der Waals surface area contributed by atoms with Crippen molar-refractivity contribution in [3.8, 4) is 11.3 Å². The van der Waals surface area contributed by atoms with Gasteiger partial charge in [-0.15, -0.1) is 0 Å². The smallest absolute Gasteiger partial charge is 0.416 e. The highest BCUT2D eigenvalue weighted by atomic mass is 19.4. The molecule has 2 amide bonds. The number of alkyl halides is 3. The molecule has 0 saturated carbocycles. The molecule has 0 aliphatic carbocycles. The standard InChI is InChI=1S/C21H14F3N3O3/c22-21(23,24)14-8-4-7-13(9-14)17-10-15-18(30-17)11-16(25-15)20(29)27-26-19(28)12-5-2-1-3-6-12/h1-11,25H,(H,26,28)(H,27,29). The van der Waals surface area contributed by atoms with Crippen LogP contribution >= 0.6 is 0 Å². The second kappa shape index (κ2) is 7.43. The lowest BCUT2D eigenvalue weighted by molar-refractivity contribution is -0.137. The summed E-state index contributed by atoms with van der Waals surface area (Å²) in [6.45, 7) is 0. The first-order valence-electron chi connectivity index (χ1n) is 8.77. The fraction of sp³-hybridized carbons (Fsp3) is 0.0476. The number of aromatic amines is 1. The van der Waals surface area contributed by atoms with Crippen LogP contribution in [0, 0.1) is 0 Å². The molecular weight excluding hydrogens is 399 g/mol. The Morgan fingerprint density at radius 2 is 1.60 bits per heavy atom. The molecule has 0 saturated heterocycles. The van der Waals surface area contributed by atoms with Gasteiger partial charge in [-0.3, -0.25) is 20.4 Å². The maximum absolute atomic E-state index is 12.9. The van der Waals surface area contributed by atoms with Crippen LogP contribution in [0.1, 0.15) is 26.4 Å². The van der Waals surface area contributed by atoms with Crippen LogP contribution in [0.15, 0.2) is 71.1 Å². The molecule has 9 heteroatoms. The molecule has 152 valence electrons.